The van der Waals surface area contributed by atoms with Crippen LogP contribution in [0.15, 0.2) is 42.6 Å². The Kier molecular flexibility index (Phi) is 3.07. The first-order valence-electron chi connectivity index (χ1n) is 4.62. The van der Waals surface area contributed by atoms with E-state index in [9.17, 15) is 0 Å². The second-order valence-electron chi connectivity index (χ2n) is 3.03. The molecule has 0 aliphatic heterocycles. The van der Waals surface area contributed by atoms with Gasteiger partial charge in [-0.15, -0.1) is 5.10 Å². The molecule has 0 unspecified atom stereocenters. The molecule has 0 radical (unpaired) electrons. The number of aromatic nitrogens is 2. The molecule has 2 N–H and O–H groups in total. The summed E-state index contributed by atoms with van der Waals surface area (Å²) in [4.78, 5) is 0.237. The van der Waals surface area contributed by atoms with E-state index >= 15 is 0 Å². The van der Waals surface area contributed by atoms with Gasteiger partial charge in [0.1, 0.15) is 10.7 Å². The smallest absolute Gasteiger partial charge is 0.249 e. The van der Waals surface area contributed by atoms with Crippen LogP contribution in [0.4, 0.5) is 0 Å². The normalized spacial score (nSPS) is 9.75. The van der Waals surface area contributed by atoms with Crippen LogP contribution < -0.4 is 10.5 Å². The lowest BCUT2D eigenvalue weighted by Crippen LogP contribution is -2.11. The van der Waals surface area contributed by atoms with Gasteiger partial charge < -0.3 is 10.5 Å². The fraction of sp³-hybridized carbons (Fsp3) is 0. The van der Waals surface area contributed by atoms with Crippen LogP contribution in [-0.4, -0.2) is 15.2 Å². The van der Waals surface area contributed by atoms with E-state index in [1.807, 2.05) is 30.3 Å². The Hall–Kier alpha value is -2.01. The number of nitrogens with zero attached hydrogens (tertiary/aromatic N) is 2. The number of rotatable bonds is 3. The molecule has 16 heavy (non-hydrogen) atoms. The topological polar surface area (TPSA) is 61.0 Å². The lowest BCUT2D eigenvalue weighted by Gasteiger charge is -2.07. The molecule has 2 rings (SSSR count). The van der Waals surface area contributed by atoms with Crippen molar-refractivity contribution in [3.8, 4) is 11.6 Å². The summed E-state index contributed by atoms with van der Waals surface area (Å²) < 4.78 is 5.53. The van der Waals surface area contributed by atoms with Gasteiger partial charge in [-0.1, -0.05) is 30.4 Å². The largest absolute Gasteiger partial charge is 0.437 e. The van der Waals surface area contributed by atoms with E-state index in [-0.39, 0.29) is 4.99 Å². The second kappa shape index (κ2) is 4.67. The van der Waals surface area contributed by atoms with Crippen molar-refractivity contribution in [3.63, 3.8) is 0 Å². The monoisotopic (exact) mass is 231 g/mol. The molecule has 80 valence electrons. The zero-order valence-electron chi connectivity index (χ0n) is 8.33. The standard InChI is InChI=1S/C11H9N3OS/c12-10(16)9-6-7-13-14-11(9)15-8-4-2-1-3-5-8/h1-7H,(H2,12,16). The van der Waals surface area contributed by atoms with Gasteiger partial charge in [0.25, 0.3) is 0 Å². The number of ether oxygens (including phenoxy) is 1. The van der Waals surface area contributed by atoms with Crippen LogP contribution in [0.1, 0.15) is 5.56 Å². The third-order valence-electron chi connectivity index (χ3n) is 1.91. The van der Waals surface area contributed by atoms with Gasteiger partial charge in [0, 0.05) is 0 Å². The van der Waals surface area contributed by atoms with Crippen LogP contribution in [0.2, 0.25) is 0 Å². The predicted molar refractivity (Wildman–Crippen MR) is 64.4 cm³/mol. The van der Waals surface area contributed by atoms with Crippen molar-refractivity contribution in [2.24, 2.45) is 5.73 Å². The highest BCUT2D eigenvalue weighted by molar-refractivity contribution is 7.80. The first kappa shape index (κ1) is 10.5. The Bertz CT molecular complexity index is 502. The predicted octanol–water partition coefficient (Wildman–Crippen LogP) is 1.90. The van der Waals surface area contributed by atoms with Crippen LogP contribution in [0.5, 0.6) is 11.6 Å². The molecule has 0 aliphatic rings. The number of thiocarbonyl (C=S) groups is 1. The molecule has 1 heterocycles. The van der Waals surface area contributed by atoms with Gasteiger partial charge in [-0.3, -0.25) is 0 Å². The summed E-state index contributed by atoms with van der Waals surface area (Å²) in [6, 6.07) is 10.9. The Labute approximate surface area is 98.1 Å². The van der Waals surface area contributed by atoms with E-state index in [4.69, 9.17) is 22.7 Å². The number of hydrogen-bond donors (Lipinski definition) is 1. The minimum Gasteiger partial charge on any atom is -0.437 e. The van der Waals surface area contributed by atoms with Crippen molar-refractivity contribution >= 4 is 17.2 Å². The Morgan fingerprint density at radius 1 is 1.19 bits per heavy atom. The number of benzene rings is 1. The third-order valence-corrected chi connectivity index (χ3v) is 2.13. The van der Waals surface area contributed by atoms with E-state index < -0.39 is 0 Å². The fourth-order valence-corrected chi connectivity index (χ4v) is 1.34. The molecule has 0 fully saturated rings. The molecule has 0 atom stereocenters. The average Bonchev–Trinajstić information content (AvgIpc) is 2.31. The lowest BCUT2D eigenvalue weighted by molar-refractivity contribution is 0.454. The second-order valence-corrected chi connectivity index (χ2v) is 3.47. The number of nitrogens with two attached hydrogens (primary N) is 1. The van der Waals surface area contributed by atoms with Crippen molar-refractivity contribution in [2.75, 3.05) is 0 Å². The molecule has 5 heteroatoms. The molecular formula is C11H9N3OS. The third kappa shape index (κ3) is 2.32. The minimum absolute atomic E-state index is 0.237. The highest BCUT2D eigenvalue weighted by Crippen LogP contribution is 2.21. The Morgan fingerprint density at radius 2 is 1.94 bits per heavy atom. The maximum absolute atomic E-state index is 5.55. The summed E-state index contributed by atoms with van der Waals surface area (Å²) in [6.45, 7) is 0. The van der Waals surface area contributed by atoms with E-state index in [0.29, 0.717) is 17.2 Å². The summed E-state index contributed by atoms with van der Waals surface area (Å²) in [5.41, 5.74) is 6.13. The zero-order chi connectivity index (χ0) is 11.4. The van der Waals surface area contributed by atoms with Gasteiger partial charge in [-0.2, -0.15) is 5.10 Å². The molecule has 4 nitrogen and oxygen atoms in total. The SMILES string of the molecule is NC(=S)c1ccnnc1Oc1ccccc1. The van der Waals surface area contributed by atoms with Crippen molar-refractivity contribution < 1.29 is 4.74 Å². The van der Waals surface area contributed by atoms with Crippen LogP contribution in [0, 0.1) is 0 Å². The van der Waals surface area contributed by atoms with Crippen LogP contribution in [0.3, 0.4) is 0 Å². The van der Waals surface area contributed by atoms with E-state index in [2.05, 4.69) is 10.2 Å². The van der Waals surface area contributed by atoms with Crippen LogP contribution >= 0.6 is 12.2 Å². The maximum Gasteiger partial charge on any atom is 0.249 e. The Morgan fingerprint density at radius 3 is 2.62 bits per heavy atom. The summed E-state index contributed by atoms with van der Waals surface area (Å²) in [6.07, 6.45) is 1.52. The molecule has 0 saturated carbocycles. The molecular weight excluding hydrogens is 222 g/mol. The van der Waals surface area contributed by atoms with Crippen molar-refractivity contribution in [1.29, 1.82) is 0 Å². The first-order chi connectivity index (χ1) is 7.77. The van der Waals surface area contributed by atoms with Gasteiger partial charge in [-0.25, -0.2) is 0 Å². The minimum atomic E-state index is 0.237. The van der Waals surface area contributed by atoms with E-state index in [0.717, 1.165) is 0 Å². The molecule has 0 saturated heterocycles. The van der Waals surface area contributed by atoms with Crippen LogP contribution in [0.25, 0.3) is 0 Å². The first-order valence-corrected chi connectivity index (χ1v) is 5.02. The van der Waals surface area contributed by atoms with Gasteiger partial charge in [0.2, 0.25) is 5.88 Å². The van der Waals surface area contributed by atoms with Gasteiger partial charge in [0.15, 0.2) is 0 Å². The molecule has 0 bridgehead atoms. The maximum atomic E-state index is 5.55. The summed E-state index contributed by atoms with van der Waals surface area (Å²) in [5.74, 6) is 0.988. The lowest BCUT2D eigenvalue weighted by atomic mass is 10.3. The van der Waals surface area contributed by atoms with Crippen molar-refractivity contribution in [2.45, 2.75) is 0 Å². The molecule has 1 aromatic heterocycles. The number of para-hydroxylation sites is 1. The van der Waals surface area contributed by atoms with Crippen LogP contribution in [-0.2, 0) is 0 Å². The van der Waals surface area contributed by atoms with Gasteiger partial charge in [0.05, 0.1) is 11.8 Å². The quantitative estimate of drug-likeness (QED) is 0.817. The Balaban J connectivity index is 2.31. The highest BCUT2D eigenvalue weighted by Gasteiger charge is 2.08. The fourth-order valence-electron chi connectivity index (χ4n) is 1.18. The summed E-state index contributed by atoms with van der Waals surface area (Å²) in [5, 5.41) is 7.59. The highest BCUT2D eigenvalue weighted by atomic mass is 32.1. The van der Waals surface area contributed by atoms with Gasteiger partial charge in [-0.05, 0) is 18.2 Å². The summed E-state index contributed by atoms with van der Waals surface area (Å²) >= 11 is 4.90. The molecule has 0 aliphatic carbocycles. The zero-order valence-corrected chi connectivity index (χ0v) is 9.15. The molecule has 2 aromatic rings. The number of hydrogen-bond acceptors (Lipinski definition) is 4. The molecule has 0 spiro atoms. The van der Waals surface area contributed by atoms with Gasteiger partial charge >= 0.3 is 0 Å². The van der Waals surface area contributed by atoms with Crippen molar-refractivity contribution in [3.05, 3.63) is 48.2 Å². The average molecular weight is 231 g/mol. The van der Waals surface area contributed by atoms with Crippen molar-refractivity contribution in [1.82, 2.24) is 10.2 Å². The van der Waals surface area contributed by atoms with E-state index in [1.54, 1.807) is 6.07 Å². The van der Waals surface area contributed by atoms with E-state index in [1.165, 1.54) is 6.20 Å². The molecule has 1 aromatic carbocycles. The molecule has 0 amide bonds. The summed E-state index contributed by atoms with van der Waals surface area (Å²) in [7, 11) is 0.